The summed E-state index contributed by atoms with van der Waals surface area (Å²) in [6.07, 6.45) is 3.77. The van der Waals surface area contributed by atoms with Gasteiger partial charge in [0.2, 0.25) is 5.91 Å². The zero-order chi connectivity index (χ0) is 15.1. The van der Waals surface area contributed by atoms with Crippen LogP contribution in [-0.2, 0) is 11.2 Å². The van der Waals surface area contributed by atoms with Crippen molar-refractivity contribution in [2.24, 2.45) is 5.92 Å². The zero-order valence-electron chi connectivity index (χ0n) is 12.1. The van der Waals surface area contributed by atoms with E-state index in [0.717, 1.165) is 25.6 Å². The van der Waals surface area contributed by atoms with Crippen molar-refractivity contribution in [1.82, 2.24) is 10.6 Å². The first kappa shape index (κ1) is 15.9. The normalized spacial score (nSPS) is 18.5. The van der Waals surface area contributed by atoms with Gasteiger partial charge in [-0.1, -0.05) is 12.1 Å². The van der Waals surface area contributed by atoms with E-state index in [4.69, 9.17) is 0 Å². The summed E-state index contributed by atoms with van der Waals surface area (Å²) in [5.41, 5.74) is 0.252. The number of amides is 1. The predicted molar refractivity (Wildman–Crippen MR) is 77.9 cm³/mol. The minimum absolute atomic E-state index is 0.109. The Morgan fingerprint density at radius 3 is 3.00 bits per heavy atom. The zero-order valence-corrected chi connectivity index (χ0v) is 12.1. The lowest BCUT2D eigenvalue weighted by molar-refractivity contribution is -0.121. The van der Waals surface area contributed by atoms with E-state index >= 15 is 0 Å². The summed E-state index contributed by atoms with van der Waals surface area (Å²) in [6, 6.07) is 4.05. The Morgan fingerprint density at radius 2 is 2.24 bits per heavy atom. The molecule has 0 radical (unpaired) electrons. The Morgan fingerprint density at radius 1 is 1.38 bits per heavy atom. The number of rotatable bonds is 6. The summed E-state index contributed by atoms with van der Waals surface area (Å²) in [5.74, 6) is -1.20. The van der Waals surface area contributed by atoms with Crippen LogP contribution in [0.25, 0.3) is 0 Å². The number of nitrogens with one attached hydrogen (secondary N) is 2. The summed E-state index contributed by atoms with van der Waals surface area (Å²) < 4.78 is 26.5. The first-order valence-electron chi connectivity index (χ1n) is 7.57. The molecule has 0 aliphatic carbocycles. The first-order chi connectivity index (χ1) is 10.2. The Balaban J connectivity index is 1.66. The second kappa shape index (κ2) is 8.08. The minimum atomic E-state index is -0.863. The highest BCUT2D eigenvalue weighted by Gasteiger charge is 2.13. The highest BCUT2D eigenvalue weighted by molar-refractivity contribution is 5.76. The van der Waals surface area contributed by atoms with Crippen LogP contribution in [0.3, 0.4) is 0 Å². The fourth-order valence-corrected chi connectivity index (χ4v) is 2.66. The standard InChI is InChI=1S/C16H22F2N2O/c17-14-5-1-4-13(16(14)18)6-7-15(21)20-10-8-12-3-2-9-19-11-12/h1,4-5,12,19H,2-3,6-11H2,(H,20,21). The third-order valence-electron chi connectivity index (χ3n) is 3.93. The Labute approximate surface area is 124 Å². The maximum Gasteiger partial charge on any atom is 0.220 e. The molecule has 1 heterocycles. The van der Waals surface area contributed by atoms with Gasteiger partial charge in [0.05, 0.1) is 0 Å². The van der Waals surface area contributed by atoms with Crippen LogP contribution in [0.15, 0.2) is 18.2 Å². The molecule has 1 atom stereocenters. The van der Waals surface area contributed by atoms with E-state index in [1.165, 1.54) is 25.0 Å². The van der Waals surface area contributed by atoms with Gasteiger partial charge in [0.25, 0.3) is 0 Å². The lowest BCUT2D eigenvalue weighted by Gasteiger charge is -2.22. The van der Waals surface area contributed by atoms with Crippen molar-refractivity contribution in [2.75, 3.05) is 19.6 Å². The van der Waals surface area contributed by atoms with Gasteiger partial charge in [0.1, 0.15) is 0 Å². The molecule has 3 nitrogen and oxygen atoms in total. The summed E-state index contributed by atoms with van der Waals surface area (Å²) in [5, 5.41) is 6.19. The average molecular weight is 296 g/mol. The molecule has 0 bridgehead atoms. The largest absolute Gasteiger partial charge is 0.356 e. The molecule has 0 spiro atoms. The third kappa shape index (κ3) is 5.08. The molecule has 2 rings (SSSR count). The van der Waals surface area contributed by atoms with E-state index in [2.05, 4.69) is 10.6 Å². The van der Waals surface area contributed by atoms with Crippen LogP contribution in [0.2, 0.25) is 0 Å². The molecule has 116 valence electrons. The quantitative estimate of drug-likeness (QED) is 0.846. The number of hydrogen-bond acceptors (Lipinski definition) is 2. The molecule has 1 fully saturated rings. The SMILES string of the molecule is O=C(CCc1cccc(F)c1F)NCCC1CCCNC1. The van der Waals surface area contributed by atoms with Crippen LogP contribution < -0.4 is 10.6 Å². The minimum Gasteiger partial charge on any atom is -0.356 e. The second-order valence-corrected chi connectivity index (χ2v) is 5.56. The van der Waals surface area contributed by atoms with E-state index in [0.29, 0.717) is 12.5 Å². The molecule has 5 heteroatoms. The van der Waals surface area contributed by atoms with Crippen LogP contribution in [-0.4, -0.2) is 25.5 Å². The molecular formula is C16H22F2N2O. The Hall–Kier alpha value is -1.49. The lowest BCUT2D eigenvalue weighted by Crippen LogP contribution is -2.33. The third-order valence-corrected chi connectivity index (χ3v) is 3.93. The van der Waals surface area contributed by atoms with Gasteiger partial charge in [-0.3, -0.25) is 4.79 Å². The van der Waals surface area contributed by atoms with E-state index in [1.807, 2.05) is 0 Å². The molecule has 1 aromatic rings. The topological polar surface area (TPSA) is 41.1 Å². The van der Waals surface area contributed by atoms with Crippen LogP contribution in [0.1, 0.15) is 31.2 Å². The highest BCUT2D eigenvalue weighted by atomic mass is 19.2. The van der Waals surface area contributed by atoms with Crippen molar-refractivity contribution >= 4 is 5.91 Å². The van der Waals surface area contributed by atoms with E-state index in [-0.39, 0.29) is 24.3 Å². The molecule has 2 N–H and O–H groups in total. The van der Waals surface area contributed by atoms with E-state index in [1.54, 1.807) is 0 Å². The number of carbonyl (C=O) groups excluding carboxylic acids is 1. The Kier molecular flexibility index (Phi) is 6.11. The van der Waals surface area contributed by atoms with Gasteiger partial charge >= 0.3 is 0 Å². The van der Waals surface area contributed by atoms with E-state index < -0.39 is 11.6 Å². The van der Waals surface area contributed by atoms with Crippen molar-refractivity contribution in [2.45, 2.75) is 32.1 Å². The summed E-state index contributed by atoms with van der Waals surface area (Å²) in [7, 11) is 0. The lowest BCUT2D eigenvalue weighted by atomic mass is 9.96. The molecule has 0 saturated carbocycles. The monoisotopic (exact) mass is 296 g/mol. The summed E-state index contributed by atoms with van der Waals surface area (Å²) >= 11 is 0. The van der Waals surface area contributed by atoms with Gasteiger partial charge in [-0.15, -0.1) is 0 Å². The molecule has 1 aliphatic heterocycles. The molecule has 0 aromatic heterocycles. The van der Waals surface area contributed by atoms with Crippen molar-refractivity contribution in [3.8, 4) is 0 Å². The van der Waals surface area contributed by atoms with Crippen LogP contribution in [0, 0.1) is 17.6 Å². The van der Waals surface area contributed by atoms with Crippen LogP contribution in [0.5, 0.6) is 0 Å². The molecule has 1 saturated heterocycles. The molecule has 21 heavy (non-hydrogen) atoms. The number of aryl methyl sites for hydroxylation is 1. The number of benzene rings is 1. The van der Waals surface area contributed by atoms with Gasteiger partial charge in [-0.05, 0) is 56.3 Å². The van der Waals surface area contributed by atoms with Gasteiger partial charge in [-0.25, -0.2) is 8.78 Å². The van der Waals surface area contributed by atoms with Gasteiger partial charge < -0.3 is 10.6 Å². The molecular weight excluding hydrogens is 274 g/mol. The number of hydrogen-bond donors (Lipinski definition) is 2. The fraction of sp³-hybridized carbons (Fsp3) is 0.562. The van der Waals surface area contributed by atoms with Gasteiger partial charge in [0.15, 0.2) is 11.6 Å². The maximum atomic E-state index is 13.4. The van der Waals surface area contributed by atoms with Crippen molar-refractivity contribution in [3.63, 3.8) is 0 Å². The van der Waals surface area contributed by atoms with Crippen molar-refractivity contribution in [1.29, 1.82) is 0 Å². The summed E-state index contributed by atoms with van der Waals surface area (Å²) in [4.78, 5) is 11.7. The van der Waals surface area contributed by atoms with Crippen molar-refractivity contribution in [3.05, 3.63) is 35.4 Å². The summed E-state index contributed by atoms with van der Waals surface area (Å²) in [6.45, 7) is 2.75. The number of carbonyl (C=O) groups is 1. The van der Waals surface area contributed by atoms with Gasteiger partial charge in [-0.2, -0.15) is 0 Å². The molecule has 1 amide bonds. The second-order valence-electron chi connectivity index (χ2n) is 5.56. The van der Waals surface area contributed by atoms with Crippen LogP contribution >= 0.6 is 0 Å². The number of piperidine rings is 1. The predicted octanol–water partition coefficient (Wildman–Crippen LogP) is 2.40. The molecule has 1 aromatic carbocycles. The van der Waals surface area contributed by atoms with E-state index in [9.17, 15) is 13.6 Å². The fourth-order valence-electron chi connectivity index (χ4n) is 2.66. The molecule has 1 unspecified atom stereocenters. The number of halogens is 2. The smallest absolute Gasteiger partial charge is 0.220 e. The Bertz CT molecular complexity index is 473. The highest BCUT2D eigenvalue weighted by Crippen LogP contribution is 2.14. The first-order valence-corrected chi connectivity index (χ1v) is 7.57. The van der Waals surface area contributed by atoms with Gasteiger partial charge in [0, 0.05) is 13.0 Å². The average Bonchev–Trinajstić information content (AvgIpc) is 2.50. The molecule has 1 aliphatic rings. The maximum absolute atomic E-state index is 13.4. The van der Waals surface area contributed by atoms with Crippen molar-refractivity contribution < 1.29 is 13.6 Å². The van der Waals surface area contributed by atoms with Crippen LogP contribution in [0.4, 0.5) is 8.78 Å².